The molecule has 0 saturated heterocycles. The number of ether oxygens (including phenoxy) is 2. The summed E-state index contributed by atoms with van der Waals surface area (Å²) in [7, 11) is 0. The second-order valence-electron chi connectivity index (χ2n) is 4.96. The van der Waals surface area contributed by atoms with Gasteiger partial charge in [0, 0.05) is 5.56 Å². The molecule has 0 saturated carbocycles. The minimum atomic E-state index is -1.46. The summed E-state index contributed by atoms with van der Waals surface area (Å²) in [5, 5.41) is 8.87. The summed E-state index contributed by atoms with van der Waals surface area (Å²) in [5.41, 5.74) is 1.67. The van der Waals surface area contributed by atoms with Crippen molar-refractivity contribution in [2.75, 3.05) is 0 Å². The van der Waals surface area contributed by atoms with Gasteiger partial charge in [-0.05, 0) is 18.6 Å². The van der Waals surface area contributed by atoms with Gasteiger partial charge in [0.2, 0.25) is 5.75 Å². The summed E-state index contributed by atoms with van der Waals surface area (Å²) in [4.78, 5) is 19.3. The van der Waals surface area contributed by atoms with Crippen LogP contribution < -0.4 is 9.47 Å². The molecule has 0 aliphatic heterocycles. The molecule has 2 aromatic carbocycles. The summed E-state index contributed by atoms with van der Waals surface area (Å²) in [5.74, 6) is 0.952. The van der Waals surface area contributed by atoms with E-state index >= 15 is 0 Å². The lowest BCUT2D eigenvalue weighted by molar-refractivity contribution is 0.142. The number of aromatic nitrogens is 2. The van der Waals surface area contributed by atoms with E-state index in [0.717, 1.165) is 11.1 Å². The highest BCUT2D eigenvalue weighted by Gasteiger charge is 2.15. The van der Waals surface area contributed by atoms with Gasteiger partial charge in [-0.15, -0.1) is 0 Å². The topological polar surface area (TPSA) is 81.5 Å². The van der Waals surface area contributed by atoms with Gasteiger partial charge in [-0.2, -0.15) is 4.98 Å². The molecule has 0 radical (unpaired) electrons. The van der Waals surface area contributed by atoms with Crippen molar-refractivity contribution < 1.29 is 19.4 Å². The van der Waals surface area contributed by atoms with Crippen molar-refractivity contribution in [1.82, 2.24) is 9.97 Å². The Morgan fingerprint density at radius 1 is 1.00 bits per heavy atom. The average Bonchev–Trinajstić information content (AvgIpc) is 2.59. The molecule has 1 heterocycles. The van der Waals surface area contributed by atoms with Gasteiger partial charge in [-0.1, -0.05) is 48.5 Å². The van der Waals surface area contributed by atoms with Gasteiger partial charge < -0.3 is 14.6 Å². The van der Waals surface area contributed by atoms with Crippen LogP contribution in [0.15, 0.2) is 60.8 Å². The Labute approximate surface area is 138 Å². The first-order valence-corrected chi connectivity index (χ1v) is 7.20. The average molecular weight is 322 g/mol. The lowest BCUT2D eigenvalue weighted by atomic mass is 10.2. The van der Waals surface area contributed by atoms with Gasteiger partial charge in [0.15, 0.2) is 5.82 Å². The summed E-state index contributed by atoms with van der Waals surface area (Å²) in [6.45, 7) is 1.88. The van der Waals surface area contributed by atoms with E-state index < -0.39 is 6.16 Å². The van der Waals surface area contributed by atoms with Crippen molar-refractivity contribution in [3.05, 3.63) is 66.4 Å². The van der Waals surface area contributed by atoms with Gasteiger partial charge in [0.05, 0.1) is 6.20 Å². The molecule has 1 N–H and O–H groups in total. The fourth-order valence-electron chi connectivity index (χ4n) is 2.09. The van der Waals surface area contributed by atoms with Gasteiger partial charge in [-0.3, -0.25) is 0 Å². The predicted octanol–water partition coefficient (Wildman–Crippen LogP) is 4.30. The maximum absolute atomic E-state index is 10.9. The third-order valence-electron chi connectivity index (χ3n) is 3.25. The Morgan fingerprint density at radius 3 is 2.42 bits per heavy atom. The highest BCUT2D eigenvalue weighted by molar-refractivity contribution is 5.63. The molecular weight excluding hydrogens is 308 g/mol. The van der Waals surface area contributed by atoms with E-state index in [1.165, 1.54) is 6.20 Å². The number of hydrogen-bond acceptors (Lipinski definition) is 5. The smallest absolute Gasteiger partial charge is 0.449 e. The molecule has 0 aliphatic rings. The zero-order valence-electron chi connectivity index (χ0n) is 12.8. The molecule has 6 nitrogen and oxygen atoms in total. The molecule has 120 valence electrons. The third-order valence-corrected chi connectivity index (χ3v) is 3.25. The minimum Gasteiger partial charge on any atom is -0.449 e. The fourth-order valence-corrected chi connectivity index (χ4v) is 2.09. The van der Waals surface area contributed by atoms with Crippen LogP contribution in [0.5, 0.6) is 17.4 Å². The summed E-state index contributed by atoms with van der Waals surface area (Å²) in [6, 6.07) is 16.7. The summed E-state index contributed by atoms with van der Waals surface area (Å²) < 4.78 is 10.5. The molecular formula is C18H14N2O4. The monoisotopic (exact) mass is 322 g/mol. The molecule has 24 heavy (non-hydrogen) atoms. The normalized spacial score (nSPS) is 10.2. The Morgan fingerprint density at radius 2 is 1.71 bits per heavy atom. The molecule has 0 spiro atoms. The SMILES string of the molecule is Cc1ccccc1Oc1nc(-c2ccccc2)ncc1OC(=O)O. The Balaban J connectivity index is 2.03. The molecule has 0 bridgehead atoms. The van der Waals surface area contributed by atoms with E-state index in [2.05, 4.69) is 9.97 Å². The summed E-state index contributed by atoms with van der Waals surface area (Å²) in [6.07, 6.45) is -0.169. The number of hydrogen-bond donors (Lipinski definition) is 1. The molecule has 0 amide bonds. The molecule has 3 aromatic rings. The van der Waals surface area contributed by atoms with E-state index in [9.17, 15) is 4.79 Å². The first-order valence-electron chi connectivity index (χ1n) is 7.20. The quantitative estimate of drug-likeness (QED) is 0.721. The van der Waals surface area contributed by atoms with Crippen LogP contribution in [-0.4, -0.2) is 21.2 Å². The maximum Gasteiger partial charge on any atom is 0.511 e. The maximum atomic E-state index is 10.9. The molecule has 0 aliphatic carbocycles. The second-order valence-corrected chi connectivity index (χ2v) is 4.96. The molecule has 0 atom stereocenters. The van der Waals surface area contributed by atoms with Crippen molar-refractivity contribution in [2.45, 2.75) is 6.92 Å². The first-order chi connectivity index (χ1) is 11.6. The van der Waals surface area contributed by atoms with Gasteiger partial charge in [-0.25, -0.2) is 9.78 Å². The highest BCUT2D eigenvalue weighted by Crippen LogP contribution is 2.32. The zero-order chi connectivity index (χ0) is 16.9. The number of rotatable bonds is 4. The van der Waals surface area contributed by atoms with E-state index in [1.807, 2.05) is 55.5 Å². The fraction of sp³-hybridized carbons (Fsp3) is 0.0556. The zero-order valence-corrected chi connectivity index (χ0v) is 12.8. The van der Waals surface area contributed by atoms with Crippen molar-refractivity contribution >= 4 is 6.16 Å². The molecule has 3 rings (SSSR count). The molecule has 0 unspecified atom stereocenters. The van der Waals surface area contributed by atoms with Crippen LogP contribution in [0.2, 0.25) is 0 Å². The van der Waals surface area contributed by atoms with Gasteiger partial charge >= 0.3 is 6.16 Å². The molecule has 0 fully saturated rings. The second kappa shape index (κ2) is 6.78. The number of carboxylic acid groups (broad SMARTS) is 1. The number of para-hydroxylation sites is 1. The third kappa shape index (κ3) is 3.49. The van der Waals surface area contributed by atoms with E-state index in [-0.39, 0.29) is 11.6 Å². The number of benzene rings is 2. The van der Waals surface area contributed by atoms with Crippen molar-refractivity contribution in [2.24, 2.45) is 0 Å². The van der Waals surface area contributed by atoms with Crippen LogP contribution in [0, 0.1) is 6.92 Å². The van der Waals surface area contributed by atoms with Crippen LogP contribution in [0.3, 0.4) is 0 Å². The van der Waals surface area contributed by atoms with E-state index in [0.29, 0.717) is 11.6 Å². The molecule has 1 aromatic heterocycles. The van der Waals surface area contributed by atoms with Crippen LogP contribution >= 0.6 is 0 Å². The van der Waals surface area contributed by atoms with Crippen molar-refractivity contribution in [3.63, 3.8) is 0 Å². The highest BCUT2D eigenvalue weighted by atomic mass is 16.7. The lowest BCUT2D eigenvalue weighted by Crippen LogP contribution is -2.06. The van der Waals surface area contributed by atoms with Crippen molar-refractivity contribution in [3.8, 4) is 28.8 Å². The van der Waals surface area contributed by atoms with Crippen LogP contribution in [-0.2, 0) is 0 Å². The van der Waals surface area contributed by atoms with E-state index in [1.54, 1.807) is 6.07 Å². The minimum absolute atomic E-state index is 0.0422. The van der Waals surface area contributed by atoms with Crippen LogP contribution in [0.4, 0.5) is 4.79 Å². The largest absolute Gasteiger partial charge is 0.511 e. The Bertz CT molecular complexity index is 866. The van der Waals surface area contributed by atoms with Gasteiger partial charge in [0.25, 0.3) is 5.88 Å². The Hall–Kier alpha value is -3.41. The van der Waals surface area contributed by atoms with Crippen molar-refractivity contribution in [1.29, 1.82) is 0 Å². The van der Waals surface area contributed by atoms with Crippen LogP contribution in [0.1, 0.15) is 5.56 Å². The standard InChI is InChI=1S/C18H14N2O4/c1-12-7-5-6-10-14(12)23-17-15(24-18(21)22)11-19-16(20-17)13-8-3-2-4-9-13/h2-11H,1H3,(H,21,22). The number of carbonyl (C=O) groups is 1. The number of nitrogens with zero attached hydrogens (tertiary/aromatic N) is 2. The van der Waals surface area contributed by atoms with E-state index in [4.69, 9.17) is 14.6 Å². The first kappa shape index (κ1) is 15.5. The number of aryl methyl sites for hydroxylation is 1. The molecule has 6 heteroatoms. The predicted molar refractivity (Wildman–Crippen MR) is 87.4 cm³/mol. The van der Waals surface area contributed by atoms with Gasteiger partial charge in [0.1, 0.15) is 5.75 Å². The Kier molecular flexibility index (Phi) is 4.38. The van der Waals surface area contributed by atoms with Crippen LogP contribution in [0.25, 0.3) is 11.4 Å². The summed E-state index contributed by atoms with van der Waals surface area (Å²) >= 11 is 0. The lowest BCUT2D eigenvalue weighted by Gasteiger charge is -2.11.